The lowest BCUT2D eigenvalue weighted by molar-refractivity contribution is 0.113. The molecule has 0 bridgehead atoms. The third-order valence-corrected chi connectivity index (χ3v) is 4.42. The van der Waals surface area contributed by atoms with E-state index in [0.717, 1.165) is 12.1 Å². The maximum atomic E-state index is 13.8. The van der Waals surface area contributed by atoms with E-state index in [9.17, 15) is 21.6 Å². The Hall–Kier alpha value is -1.03. The summed E-state index contributed by atoms with van der Waals surface area (Å²) < 4.78 is 63.0. The van der Waals surface area contributed by atoms with Gasteiger partial charge in [-0.15, -0.1) is 0 Å². The Balaban J connectivity index is 3.33. The lowest BCUT2D eigenvalue weighted by Gasteiger charge is -2.21. The van der Waals surface area contributed by atoms with Crippen LogP contribution in [0.4, 0.5) is 18.9 Å². The Kier molecular flexibility index (Phi) is 5.63. The predicted molar refractivity (Wildman–Crippen MR) is 67.7 cm³/mol. The highest BCUT2D eigenvalue weighted by Gasteiger charge is 2.30. The quantitative estimate of drug-likeness (QED) is 0.769. The van der Waals surface area contributed by atoms with Crippen LogP contribution in [0.25, 0.3) is 0 Å². The number of benzene rings is 1. The number of halogens is 4. The molecule has 0 aliphatic heterocycles. The van der Waals surface area contributed by atoms with E-state index in [1.807, 2.05) is 0 Å². The Morgan fingerprint density at radius 1 is 1.40 bits per heavy atom. The van der Waals surface area contributed by atoms with Gasteiger partial charge in [-0.3, -0.25) is 0 Å². The molecule has 0 saturated heterocycles. The first-order chi connectivity index (χ1) is 9.20. The molecule has 114 valence electrons. The number of alkyl halides is 2. The van der Waals surface area contributed by atoms with Crippen molar-refractivity contribution in [2.24, 2.45) is 0 Å². The first kappa shape index (κ1) is 17.0. The second kappa shape index (κ2) is 6.61. The van der Waals surface area contributed by atoms with E-state index in [4.69, 9.17) is 22.4 Å². The lowest BCUT2D eigenvalue weighted by atomic mass is 10.3. The number of hydrogen-bond acceptors (Lipinski definition) is 4. The Morgan fingerprint density at radius 2 is 2.00 bits per heavy atom. The van der Waals surface area contributed by atoms with Gasteiger partial charge in [0.15, 0.2) is 5.82 Å². The molecule has 1 aromatic rings. The molecular weight excluding hydrogens is 321 g/mol. The minimum absolute atomic E-state index is 0.150. The van der Waals surface area contributed by atoms with Gasteiger partial charge in [-0.25, -0.2) is 21.6 Å². The van der Waals surface area contributed by atoms with Gasteiger partial charge < -0.3 is 10.8 Å². The Labute approximate surface area is 118 Å². The number of anilines is 1. The predicted octanol–water partition coefficient (Wildman–Crippen LogP) is 1.31. The van der Waals surface area contributed by atoms with E-state index >= 15 is 0 Å². The van der Waals surface area contributed by atoms with E-state index in [1.54, 1.807) is 0 Å². The first-order valence-corrected chi connectivity index (χ1v) is 7.15. The van der Waals surface area contributed by atoms with Gasteiger partial charge in [0, 0.05) is 11.6 Å². The summed E-state index contributed by atoms with van der Waals surface area (Å²) in [5.74, 6) is -1.27. The molecule has 0 aromatic heterocycles. The van der Waals surface area contributed by atoms with Gasteiger partial charge in [-0.2, -0.15) is 4.31 Å². The van der Waals surface area contributed by atoms with Crippen LogP contribution in [0.3, 0.4) is 0 Å². The van der Waals surface area contributed by atoms with E-state index in [2.05, 4.69) is 0 Å². The summed E-state index contributed by atoms with van der Waals surface area (Å²) in [7, 11) is -4.58. The van der Waals surface area contributed by atoms with Crippen LogP contribution in [0.2, 0.25) is 5.02 Å². The molecule has 0 unspecified atom stereocenters. The SMILES string of the molecule is Nc1cc(Cl)cc(S(=O)(=O)N(CCO)CC(F)F)c1F. The molecule has 0 fully saturated rings. The highest BCUT2D eigenvalue weighted by Crippen LogP contribution is 2.27. The summed E-state index contributed by atoms with van der Waals surface area (Å²) in [5, 5.41) is 8.59. The molecule has 0 aliphatic rings. The van der Waals surface area contributed by atoms with Gasteiger partial charge in [0.05, 0.1) is 18.8 Å². The van der Waals surface area contributed by atoms with Gasteiger partial charge in [0.2, 0.25) is 10.0 Å². The molecule has 1 aromatic carbocycles. The lowest BCUT2D eigenvalue weighted by Crippen LogP contribution is -2.37. The van der Waals surface area contributed by atoms with Crippen molar-refractivity contribution >= 4 is 27.3 Å². The van der Waals surface area contributed by atoms with E-state index < -0.39 is 52.5 Å². The van der Waals surface area contributed by atoms with Gasteiger partial charge >= 0.3 is 0 Å². The minimum Gasteiger partial charge on any atom is -0.396 e. The smallest absolute Gasteiger partial charge is 0.252 e. The normalized spacial score (nSPS) is 12.3. The van der Waals surface area contributed by atoms with Gasteiger partial charge in [-0.1, -0.05) is 11.6 Å². The maximum absolute atomic E-state index is 13.8. The van der Waals surface area contributed by atoms with Gasteiger partial charge in [-0.05, 0) is 12.1 Å². The summed E-state index contributed by atoms with van der Waals surface area (Å²) in [4.78, 5) is -0.906. The van der Waals surface area contributed by atoms with Crippen molar-refractivity contribution in [1.29, 1.82) is 0 Å². The fourth-order valence-electron chi connectivity index (χ4n) is 1.49. The summed E-state index contributed by atoms with van der Waals surface area (Å²) in [6.45, 7) is -2.46. The second-order valence-electron chi connectivity index (χ2n) is 3.78. The molecule has 5 nitrogen and oxygen atoms in total. The molecular formula is C10H12ClF3N2O3S. The number of nitrogens with zero attached hydrogens (tertiary/aromatic N) is 1. The summed E-state index contributed by atoms with van der Waals surface area (Å²) in [6.07, 6.45) is -2.98. The highest BCUT2D eigenvalue weighted by molar-refractivity contribution is 7.89. The third kappa shape index (κ3) is 3.75. The fraction of sp³-hybridized carbons (Fsp3) is 0.400. The van der Waals surface area contributed by atoms with Crippen molar-refractivity contribution in [2.75, 3.05) is 25.4 Å². The van der Waals surface area contributed by atoms with Crippen LogP contribution < -0.4 is 5.73 Å². The minimum atomic E-state index is -4.58. The molecule has 0 saturated carbocycles. The van der Waals surface area contributed by atoms with Crippen LogP contribution in [0.15, 0.2) is 17.0 Å². The molecule has 0 aliphatic carbocycles. The van der Waals surface area contributed by atoms with Crippen molar-refractivity contribution in [1.82, 2.24) is 4.31 Å². The molecule has 0 radical (unpaired) electrons. The number of aliphatic hydroxyl groups excluding tert-OH is 1. The van der Waals surface area contributed by atoms with Crippen molar-refractivity contribution in [2.45, 2.75) is 11.3 Å². The molecule has 0 spiro atoms. The number of nitrogens with two attached hydrogens (primary N) is 1. The third-order valence-electron chi connectivity index (χ3n) is 2.34. The first-order valence-electron chi connectivity index (χ1n) is 5.33. The number of nitrogen functional groups attached to an aromatic ring is 1. The molecule has 10 heteroatoms. The summed E-state index contributed by atoms with van der Waals surface area (Å²) >= 11 is 5.59. The average Bonchev–Trinajstić information content (AvgIpc) is 2.32. The molecule has 0 atom stereocenters. The average molecular weight is 333 g/mol. The van der Waals surface area contributed by atoms with Crippen LogP contribution in [0, 0.1) is 5.82 Å². The van der Waals surface area contributed by atoms with Crippen molar-refractivity contribution in [3.8, 4) is 0 Å². The Bertz CT molecular complexity index is 583. The van der Waals surface area contributed by atoms with Crippen molar-refractivity contribution in [3.05, 3.63) is 23.0 Å². The topological polar surface area (TPSA) is 83.6 Å². The second-order valence-corrected chi connectivity index (χ2v) is 6.13. The van der Waals surface area contributed by atoms with Gasteiger partial charge in [0.25, 0.3) is 6.43 Å². The van der Waals surface area contributed by atoms with Crippen LogP contribution in [0.1, 0.15) is 0 Å². The molecule has 0 heterocycles. The van der Waals surface area contributed by atoms with E-state index in [-0.39, 0.29) is 9.33 Å². The zero-order chi connectivity index (χ0) is 15.5. The monoisotopic (exact) mass is 332 g/mol. The zero-order valence-electron chi connectivity index (χ0n) is 10.1. The molecule has 0 amide bonds. The fourth-order valence-corrected chi connectivity index (χ4v) is 3.31. The van der Waals surface area contributed by atoms with Crippen LogP contribution >= 0.6 is 11.6 Å². The standard InChI is InChI=1S/C10H12ClF3N2O3S/c11-6-3-7(15)10(14)8(4-6)20(18,19)16(1-2-17)5-9(12)13/h3-4,9,17H,1-2,5,15H2. The summed E-state index contributed by atoms with van der Waals surface area (Å²) in [5.41, 5.74) is 4.74. The number of hydrogen-bond donors (Lipinski definition) is 2. The molecule has 20 heavy (non-hydrogen) atoms. The van der Waals surface area contributed by atoms with Gasteiger partial charge in [0.1, 0.15) is 4.90 Å². The summed E-state index contributed by atoms with van der Waals surface area (Å²) in [6, 6.07) is 1.78. The van der Waals surface area contributed by atoms with Crippen molar-refractivity contribution < 1.29 is 26.7 Å². The van der Waals surface area contributed by atoms with Crippen LogP contribution in [-0.2, 0) is 10.0 Å². The van der Waals surface area contributed by atoms with Crippen LogP contribution in [0.5, 0.6) is 0 Å². The van der Waals surface area contributed by atoms with Crippen LogP contribution in [-0.4, -0.2) is 44.0 Å². The van der Waals surface area contributed by atoms with Crippen molar-refractivity contribution in [3.63, 3.8) is 0 Å². The Morgan fingerprint density at radius 3 is 2.50 bits per heavy atom. The molecule has 3 N–H and O–H groups in total. The largest absolute Gasteiger partial charge is 0.396 e. The number of aliphatic hydroxyl groups is 1. The maximum Gasteiger partial charge on any atom is 0.252 e. The number of rotatable bonds is 6. The molecule has 1 rings (SSSR count). The van der Waals surface area contributed by atoms with E-state index in [0.29, 0.717) is 0 Å². The highest BCUT2D eigenvalue weighted by atomic mass is 35.5. The number of sulfonamides is 1. The zero-order valence-corrected chi connectivity index (χ0v) is 11.6. The van der Waals surface area contributed by atoms with E-state index in [1.165, 1.54) is 0 Å².